The Bertz CT molecular complexity index is 2890. The molecule has 0 saturated heterocycles. The molecule has 228 valence electrons. The molecule has 0 spiro atoms. The summed E-state index contributed by atoms with van der Waals surface area (Å²) in [6, 6.07) is 56.9. The number of furan rings is 1. The van der Waals surface area contributed by atoms with Crippen molar-refractivity contribution in [3.05, 3.63) is 164 Å². The average Bonchev–Trinajstić information content (AvgIpc) is 3.57. The second-order valence-corrected chi connectivity index (χ2v) is 12.4. The van der Waals surface area contributed by atoms with Gasteiger partial charge in [0.1, 0.15) is 11.2 Å². The topological polar surface area (TPSA) is 51.8 Å². The third-order valence-corrected chi connectivity index (χ3v) is 9.53. The predicted molar refractivity (Wildman–Crippen MR) is 201 cm³/mol. The summed E-state index contributed by atoms with van der Waals surface area (Å²) in [6.45, 7) is 0. The smallest absolute Gasteiger partial charge is 0.164 e. The molecule has 8 aromatic carbocycles. The third-order valence-electron chi connectivity index (χ3n) is 9.53. The van der Waals surface area contributed by atoms with Crippen molar-refractivity contribution in [2.24, 2.45) is 0 Å². The van der Waals surface area contributed by atoms with Crippen LogP contribution in [0.1, 0.15) is 0 Å². The maximum absolute atomic E-state index is 6.26. The van der Waals surface area contributed by atoms with Gasteiger partial charge in [0.25, 0.3) is 0 Å². The van der Waals surface area contributed by atoms with Crippen LogP contribution in [-0.2, 0) is 0 Å². The van der Waals surface area contributed by atoms with Crippen molar-refractivity contribution in [3.8, 4) is 45.3 Å². The normalized spacial score (nSPS) is 11.7. The molecule has 49 heavy (non-hydrogen) atoms. The maximum Gasteiger partial charge on any atom is 0.164 e. The van der Waals surface area contributed by atoms with E-state index in [-0.39, 0.29) is 0 Å². The zero-order valence-electron chi connectivity index (χ0n) is 26.3. The summed E-state index contributed by atoms with van der Waals surface area (Å²) in [5, 5.41) is 9.44. The summed E-state index contributed by atoms with van der Waals surface area (Å²) in [6.07, 6.45) is 0. The van der Waals surface area contributed by atoms with Gasteiger partial charge in [-0.2, -0.15) is 0 Å². The summed E-state index contributed by atoms with van der Waals surface area (Å²) in [4.78, 5) is 15.4. The number of rotatable bonds is 4. The van der Waals surface area contributed by atoms with Crippen molar-refractivity contribution in [2.75, 3.05) is 0 Å². The molecule has 0 aliphatic heterocycles. The second kappa shape index (κ2) is 11.0. The Labute approximate surface area is 282 Å². The Morgan fingerprint density at radius 2 is 0.918 bits per heavy atom. The van der Waals surface area contributed by atoms with Crippen LogP contribution in [0.25, 0.3) is 99.5 Å². The molecule has 10 rings (SSSR count). The lowest BCUT2D eigenvalue weighted by Crippen LogP contribution is -2.01. The third kappa shape index (κ3) is 4.49. The summed E-state index contributed by atoms with van der Waals surface area (Å²) in [7, 11) is 0. The molecule has 0 bridgehead atoms. The molecule has 0 atom stereocenters. The Kier molecular flexibility index (Phi) is 6.15. The minimum Gasteiger partial charge on any atom is -0.456 e. The average molecular weight is 626 g/mol. The minimum atomic E-state index is 0.619. The van der Waals surface area contributed by atoms with Crippen molar-refractivity contribution in [1.29, 1.82) is 0 Å². The van der Waals surface area contributed by atoms with E-state index < -0.39 is 0 Å². The number of hydrogen-bond acceptors (Lipinski definition) is 4. The summed E-state index contributed by atoms with van der Waals surface area (Å²) in [5.74, 6) is 1.88. The molecule has 0 fully saturated rings. The maximum atomic E-state index is 6.26. The van der Waals surface area contributed by atoms with Crippen molar-refractivity contribution in [2.45, 2.75) is 0 Å². The first-order valence-electron chi connectivity index (χ1n) is 16.4. The monoisotopic (exact) mass is 625 g/mol. The van der Waals surface area contributed by atoms with Crippen LogP contribution >= 0.6 is 0 Å². The first-order chi connectivity index (χ1) is 24.3. The quantitative estimate of drug-likeness (QED) is 0.183. The number of nitrogens with zero attached hydrogens (tertiary/aromatic N) is 3. The van der Waals surface area contributed by atoms with E-state index in [1.807, 2.05) is 60.7 Å². The Morgan fingerprint density at radius 1 is 0.327 bits per heavy atom. The van der Waals surface area contributed by atoms with Crippen molar-refractivity contribution in [3.63, 3.8) is 0 Å². The van der Waals surface area contributed by atoms with Gasteiger partial charge in [0, 0.05) is 27.5 Å². The van der Waals surface area contributed by atoms with Gasteiger partial charge in [-0.05, 0) is 61.6 Å². The van der Waals surface area contributed by atoms with Gasteiger partial charge in [0.05, 0.1) is 0 Å². The highest BCUT2D eigenvalue weighted by Crippen LogP contribution is 2.41. The molecule has 4 heteroatoms. The predicted octanol–water partition coefficient (Wildman–Crippen LogP) is 11.9. The summed E-state index contributed by atoms with van der Waals surface area (Å²) in [5.41, 5.74) is 6.63. The standard InChI is InChI=1S/C45H27N3O/c1-2-12-30(13-3-1)43-46-44(31-22-21-29-24-25-34-32-14-5-4-11-28(32)23-26-35(34)39(29)27-31)48-45(47-43)37-16-7-6-15-33(37)36-18-10-20-41-42(36)38-17-8-9-19-40(38)49-41/h1-27H. The van der Waals surface area contributed by atoms with E-state index >= 15 is 0 Å². The number of fused-ring (bicyclic) bond motifs is 8. The first-order valence-corrected chi connectivity index (χ1v) is 16.4. The van der Waals surface area contributed by atoms with Crippen LogP contribution in [0.15, 0.2) is 168 Å². The lowest BCUT2D eigenvalue weighted by atomic mass is 9.95. The molecule has 2 heterocycles. The molecular formula is C45H27N3O. The van der Waals surface area contributed by atoms with Gasteiger partial charge < -0.3 is 4.42 Å². The number of benzene rings is 8. The van der Waals surface area contributed by atoms with Crippen LogP contribution in [0.2, 0.25) is 0 Å². The first kappa shape index (κ1) is 27.5. The Hall–Kier alpha value is -6.65. The molecule has 4 nitrogen and oxygen atoms in total. The second-order valence-electron chi connectivity index (χ2n) is 12.4. The van der Waals surface area contributed by atoms with Crippen LogP contribution in [0.5, 0.6) is 0 Å². The summed E-state index contributed by atoms with van der Waals surface area (Å²) >= 11 is 0. The van der Waals surface area contributed by atoms with E-state index in [1.165, 1.54) is 32.3 Å². The molecule has 0 amide bonds. The molecule has 0 aliphatic carbocycles. The minimum absolute atomic E-state index is 0.619. The van der Waals surface area contributed by atoms with Crippen LogP contribution < -0.4 is 0 Å². The van der Waals surface area contributed by atoms with Gasteiger partial charge in [-0.25, -0.2) is 15.0 Å². The van der Waals surface area contributed by atoms with E-state index in [1.54, 1.807) is 0 Å². The van der Waals surface area contributed by atoms with Crippen LogP contribution in [-0.4, -0.2) is 15.0 Å². The molecule has 2 aromatic heterocycles. The zero-order valence-corrected chi connectivity index (χ0v) is 26.3. The summed E-state index contributed by atoms with van der Waals surface area (Å²) < 4.78 is 6.26. The lowest BCUT2D eigenvalue weighted by Gasteiger charge is -2.13. The van der Waals surface area contributed by atoms with E-state index in [4.69, 9.17) is 19.4 Å². The highest BCUT2D eigenvalue weighted by Gasteiger charge is 2.19. The molecular weight excluding hydrogens is 599 g/mol. The Balaban J connectivity index is 1.21. The van der Waals surface area contributed by atoms with Gasteiger partial charge >= 0.3 is 0 Å². The SMILES string of the molecule is c1ccc(-c2nc(-c3ccc4ccc5c6ccccc6ccc5c4c3)nc(-c3ccccc3-c3cccc4oc5ccccc5c34)n2)cc1. The number of para-hydroxylation sites is 1. The highest BCUT2D eigenvalue weighted by atomic mass is 16.3. The highest BCUT2D eigenvalue weighted by molar-refractivity contribution is 6.18. The van der Waals surface area contributed by atoms with Crippen molar-refractivity contribution in [1.82, 2.24) is 15.0 Å². The molecule has 10 aromatic rings. The molecule has 0 unspecified atom stereocenters. The van der Waals surface area contributed by atoms with Gasteiger partial charge in [-0.3, -0.25) is 0 Å². The van der Waals surface area contributed by atoms with Gasteiger partial charge in [0.2, 0.25) is 0 Å². The van der Waals surface area contributed by atoms with Crippen molar-refractivity contribution < 1.29 is 4.42 Å². The van der Waals surface area contributed by atoms with Crippen molar-refractivity contribution >= 4 is 54.3 Å². The largest absolute Gasteiger partial charge is 0.456 e. The van der Waals surface area contributed by atoms with E-state index in [2.05, 4.69) is 103 Å². The number of aromatic nitrogens is 3. The van der Waals surface area contributed by atoms with Gasteiger partial charge in [0.15, 0.2) is 17.5 Å². The molecule has 0 N–H and O–H groups in total. The van der Waals surface area contributed by atoms with E-state index in [0.29, 0.717) is 17.5 Å². The molecule has 0 radical (unpaired) electrons. The van der Waals surface area contributed by atoms with E-state index in [0.717, 1.165) is 49.8 Å². The fourth-order valence-electron chi connectivity index (χ4n) is 7.21. The fraction of sp³-hybridized carbons (Fsp3) is 0. The van der Waals surface area contributed by atoms with E-state index in [9.17, 15) is 0 Å². The van der Waals surface area contributed by atoms with Gasteiger partial charge in [-0.15, -0.1) is 0 Å². The number of hydrogen-bond donors (Lipinski definition) is 0. The zero-order chi connectivity index (χ0) is 32.3. The molecule has 0 aliphatic rings. The lowest BCUT2D eigenvalue weighted by molar-refractivity contribution is 0.669. The fourth-order valence-corrected chi connectivity index (χ4v) is 7.21. The van der Waals surface area contributed by atoms with Crippen LogP contribution in [0.4, 0.5) is 0 Å². The van der Waals surface area contributed by atoms with Crippen LogP contribution in [0.3, 0.4) is 0 Å². The molecule has 0 saturated carbocycles. The van der Waals surface area contributed by atoms with Crippen LogP contribution in [0, 0.1) is 0 Å². The Morgan fingerprint density at radius 3 is 1.78 bits per heavy atom. The van der Waals surface area contributed by atoms with Gasteiger partial charge in [-0.1, -0.05) is 146 Å².